The maximum atomic E-state index is 13.6. The molecule has 0 radical (unpaired) electrons. The van der Waals surface area contributed by atoms with Crippen LogP contribution in [0.25, 0.3) is 0 Å². The molecular formula is C32H46N4O13. The van der Waals surface area contributed by atoms with Gasteiger partial charge in [-0.15, -0.1) is 6.58 Å². The molecule has 17 heteroatoms. The lowest BCUT2D eigenvalue weighted by molar-refractivity contribution is -0.404. The molecule has 10 N–H and O–H groups in total. The molecule has 0 aromatic rings. The first-order valence-corrected chi connectivity index (χ1v) is 16.0. The summed E-state index contributed by atoms with van der Waals surface area (Å²) in [5.41, 5.74) is 6.35. The molecule has 0 bridgehead atoms. The van der Waals surface area contributed by atoms with Gasteiger partial charge in [-0.25, -0.2) is 9.59 Å². The molecule has 1 aliphatic carbocycles. The van der Waals surface area contributed by atoms with Crippen LogP contribution in [0.15, 0.2) is 64.7 Å². The Kier molecular flexibility index (Phi) is 13.0. The summed E-state index contributed by atoms with van der Waals surface area (Å²) in [6.07, 6.45) is 2.01. The van der Waals surface area contributed by atoms with Crippen LogP contribution in [0.2, 0.25) is 0 Å². The van der Waals surface area contributed by atoms with Crippen molar-refractivity contribution in [3.05, 3.63) is 59.7 Å². The minimum absolute atomic E-state index is 0.0648. The van der Waals surface area contributed by atoms with Gasteiger partial charge in [0.25, 0.3) is 0 Å². The van der Waals surface area contributed by atoms with Crippen LogP contribution in [-0.4, -0.2) is 135 Å². The van der Waals surface area contributed by atoms with Crippen molar-refractivity contribution in [2.24, 2.45) is 22.6 Å². The monoisotopic (exact) mass is 694 g/mol. The Morgan fingerprint density at radius 3 is 2.51 bits per heavy atom. The molecule has 272 valence electrons. The number of aliphatic imine (C=N–C) groups is 1. The summed E-state index contributed by atoms with van der Waals surface area (Å²) in [5, 5.41) is 73.5. The number of carbonyl (C=O) groups is 2. The van der Waals surface area contributed by atoms with Gasteiger partial charge >= 0.3 is 11.9 Å². The average molecular weight is 695 g/mol. The number of aliphatic hydroxyl groups is 6. The van der Waals surface area contributed by atoms with E-state index in [0.29, 0.717) is 18.4 Å². The van der Waals surface area contributed by atoms with Gasteiger partial charge in [0.05, 0.1) is 42.2 Å². The van der Waals surface area contributed by atoms with Gasteiger partial charge in [-0.1, -0.05) is 24.6 Å². The van der Waals surface area contributed by atoms with E-state index in [9.17, 15) is 45.3 Å². The highest BCUT2D eigenvalue weighted by molar-refractivity contribution is 5.95. The fraction of sp³-hybridized carbons (Fsp3) is 0.594. The number of esters is 1. The van der Waals surface area contributed by atoms with Crippen LogP contribution in [-0.2, 0) is 28.5 Å². The number of aliphatic carboxylic acids is 1. The van der Waals surface area contributed by atoms with Gasteiger partial charge in [0, 0.05) is 32.3 Å². The number of hydrogen-bond donors (Lipinski definition) is 9. The number of ether oxygens (including phenoxy) is 4. The second-order valence-electron chi connectivity index (χ2n) is 12.2. The van der Waals surface area contributed by atoms with Gasteiger partial charge in [-0.05, 0) is 31.3 Å². The number of allylic oxidation sites excluding steroid dienone is 1. The predicted molar refractivity (Wildman–Crippen MR) is 170 cm³/mol. The summed E-state index contributed by atoms with van der Waals surface area (Å²) in [6.45, 7) is 3.02. The van der Waals surface area contributed by atoms with Crippen LogP contribution in [0, 0.1) is 11.8 Å². The lowest BCUT2D eigenvalue weighted by Gasteiger charge is -2.46. The number of β-amino-alcohol motifs (C(OH)–C–C–N with tert-alkyl or cyclic N) is 1. The van der Waals surface area contributed by atoms with E-state index in [-0.39, 0.29) is 48.6 Å². The van der Waals surface area contributed by atoms with Gasteiger partial charge in [-0.3, -0.25) is 4.99 Å². The number of hydrogen-bond acceptors (Lipinski definition) is 14. The van der Waals surface area contributed by atoms with Crippen LogP contribution in [0.5, 0.6) is 0 Å². The average Bonchev–Trinajstić information content (AvgIpc) is 3.08. The molecule has 7 atom stereocenters. The Hall–Kier alpha value is -3.81. The number of carboxylic acid groups (broad SMARTS) is 1. The number of rotatable bonds is 12. The smallest absolute Gasteiger partial charge is 0.339 e. The number of carbonyl (C=O) groups excluding carboxylic acids is 1. The van der Waals surface area contributed by atoms with Gasteiger partial charge < -0.3 is 70.6 Å². The molecule has 1 saturated heterocycles. The van der Waals surface area contributed by atoms with Crippen molar-refractivity contribution < 1.29 is 64.3 Å². The van der Waals surface area contributed by atoms with Crippen molar-refractivity contribution in [1.82, 2.24) is 10.2 Å². The molecule has 3 aliphatic heterocycles. The van der Waals surface area contributed by atoms with Crippen molar-refractivity contribution in [3.63, 3.8) is 0 Å². The quantitative estimate of drug-likeness (QED) is 0.0361. The summed E-state index contributed by atoms with van der Waals surface area (Å²) in [5.74, 6) is -6.96. The van der Waals surface area contributed by atoms with Gasteiger partial charge in [0.15, 0.2) is 18.4 Å². The van der Waals surface area contributed by atoms with E-state index in [2.05, 4.69) is 16.9 Å². The van der Waals surface area contributed by atoms with Crippen molar-refractivity contribution in [3.8, 4) is 0 Å². The van der Waals surface area contributed by atoms with Gasteiger partial charge in [0.2, 0.25) is 12.1 Å². The second kappa shape index (κ2) is 16.7. The van der Waals surface area contributed by atoms with Crippen LogP contribution in [0.1, 0.15) is 32.1 Å². The van der Waals surface area contributed by atoms with E-state index >= 15 is 0 Å². The van der Waals surface area contributed by atoms with E-state index in [1.807, 2.05) is 0 Å². The van der Waals surface area contributed by atoms with E-state index in [4.69, 9.17) is 24.7 Å². The molecular weight excluding hydrogens is 648 g/mol. The molecule has 3 heterocycles. The second-order valence-corrected chi connectivity index (χ2v) is 12.2. The number of carboxylic acids is 1. The van der Waals surface area contributed by atoms with Crippen LogP contribution < -0.4 is 11.1 Å². The zero-order chi connectivity index (χ0) is 35.9. The molecule has 4 aliphatic rings. The van der Waals surface area contributed by atoms with E-state index in [1.54, 1.807) is 17.1 Å². The van der Waals surface area contributed by atoms with Crippen molar-refractivity contribution in [2.45, 2.75) is 74.9 Å². The minimum Gasteiger partial charge on any atom is -0.478 e. The van der Waals surface area contributed by atoms with Crippen molar-refractivity contribution in [2.75, 3.05) is 33.4 Å². The molecule has 0 aromatic heterocycles. The summed E-state index contributed by atoms with van der Waals surface area (Å²) in [6, 6.07) is 0. The Morgan fingerprint density at radius 1 is 1.18 bits per heavy atom. The molecule has 0 spiro atoms. The van der Waals surface area contributed by atoms with Crippen LogP contribution in [0.4, 0.5) is 0 Å². The Bertz CT molecular complexity index is 1370. The third kappa shape index (κ3) is 8.68. The standard InChI is InChI=1S/C32H46N4O13/c1-3-19-20(10-9-17-13-36(11-12-37)14-21(27(41)42)24(17)35-31(33)34-2)22(28(43)47-18-7-5-4-6-8-18)16-46-29(19)49-30-26(40)32(44,45)25(39)23(15-38)48-30/h3,9-10,14,16,18-20,23,25-26,29-30,37-40,44-45H,1,4-8,11-13,15H2,2H3,(H,41,42)(H3,33,34,35). The molecule has 0 aromatic carbocycles. The first kappa shape index (κ1) is 38.0. The normalized spacial score (nSPS) is 31.1. The van der Waals surface area contributed by atoms with E-state index < -0.39 is 67.1 Å². The van der Waals surface area contributed by atoms with E-state index in [1.165, 1.54) is 19.3 Å². The zero-order valence-corrected chi connectivity index (χ0v) is 27.1. The van der Waals surface area contributed by atoms with Crippen LogP contribution >= 0.6 is 0 Å². The molecule has 4 rings (SSSR count). The fourth-order valence-corrected chi connectivity index (χ4v) is 6.12. The Labute approximate surface area is 282 Å². The van der Waals surface area contributed by atoms with Crippen LogP contribution in [0.3, 0.4) is 0 Å². The summed E-state index contributed by atoms with van der Waals surface area (Å²) >= 11 is 0. The first-order valence-electron chi connectivity index (χ1n) is 16.0. The highest BCUT2D eigenvalue weighted by Crippen LogP contribution is 2.38. The fourth-order valence-electron chi connectivity index (χ4n) is 6.12. The number of nitrogens with two attached hydrogens (primary N) is 1. The molecule has 49 heavy (non-hydrogen) atoms. The SMILES string of the molecule is C=CC1C(OC2OC(CO)C(O)C(O)(O)C2O)OC=C(C(=O)OC2CCCCC2)C1C=CC1=C(NC(N)=NC)C(C(=O)O)=CN(CCO)C1. The first-order chi connectivity index (χ1) is 23.4. The summed E-state index contributed by atoms with van der Waals surface area (Å²) < 4.78 is 22.9. The lowest BCUT2D eigenvalue weighted by Crippen LogP contribution is -2.68. The van der Waals surface area contributed by atoms with Gasteiger partial charge in [0.1, 0.15) is 18.3 Å². The zero-order valence-electron chi connectivity index (χ0n) is 27.1. The molecule has 0 amide bonds. The molecule has 7 unspecified atom stereocenters. The largest absolute Gasteiger partial charge is 0.478 e. The third-order valence-corrected chi connectivity index (χ3v) is 8.88. The van der Waals surface area contributed by atoms with E-state index in [0.717, 1.165) is 25.5 Å². The number of nitrogens with zero attached hydrogens (tertiary/aromatic N) is 2. The summed E-state index contributed by atoms with van der Waals surface area (Å²) in [4.78, 5) is 31.4. The van der Waals surface area contributed by atoms with Crippen molar-refractivity contribution in [1.29, 1.82) is 0 Å². The number of guanidine groups is 1. The molecule has 2 fully saturated rings. The highest BCUT2D eigenvalue weighted by atomic mass is 16.8. The maximum absolute atomic E-state index is 13.6. The Balaban J connectivity index is 1.73. The molecule has 1 saturated carbocycles. The number of nitrogens with one attached hydrogen (secondary N) is 1. The van der Waals surface area contributed by atoms with Crippen molar-refractivity contribution >= 4 is 17.9 Å². The lowest BCUT2D eigenvalue weighted by atomic mass is 9.83. The molecule has 17 nitrogen and oxygen atoms in total. The minimum atomic E-state index is -3.12. The predicted octanol–water partition coefficient (Wildman–Crippen LogP) is -1.72. The topological polar surface area (TPSA) is 266 Å². The third-order valence-electron chi connectivity index (χ3n) is 8.88. The van der Waals surface area contributed by atoms with Gasteiger partial charge in [-0.2, -0.15) is 0 Å². The number of aliphatic hydroxyl groups excluding tert-OH is 4. The maximum Gasteiger partial charge on any atom is 0.339 e. The summed E-state index contributed by atoms with van der Waals surface area (Å²) in [7, 11) is 1.42. The highest BCUT2D eigenvalue weighted by Gasteiger charge is 2.56. The Morgan fingerprint density at radius 2 is 1.90 bits per heavy atom.